The molecule has 1 spiro atoms. The molecule has 5 rings (SSSR count). The molecule has 0 saturated heterocycles. The van der Waals surface area contributed by atoms with Crippen molar-refractivity contribution in [3.05, 3.63) is 68.8 Å². The smallest absolute Gasteiger partial charge is 1.00 e. The number of halogens is 8. The first-order valence-corrected chi connectivity index (χ1v) is 14.5. The summed E-state index contributed by atoms with van der Waals surface area (Å²) in [6, 6.07) is 3.30. The largest absolute Gasteiger partial charge is 1.00 e. The number of rotatable bonds is 0. The number of esters is 1. The van der Waals surface area contributed by atoms with Crippen LogP contribution in [0.15, 0.2) is 12.1 Å². The van der Waals surface area contributed by atoms with E-state index < -0.39 is 11.6 Å². The summed E-state index contributed by atoms with van der Waals surface area (Å²) in [7, 11) is 0. The molecule has 0 aromatic heterocycles. The van der Waals surface area contributed by atoms with E-state index in [1.54, 1.807) is 12.1 Å². The van der Waals surface area contributed by atoms with Crippen molar-refractivity contribution < 1.29 is 55.5 Å². The number of phenolic OH excluding ortho intramolecular Hbond substituents is 2. The predicted octanol–water partition coefficient (Wildman–Crippen LogP) is 5.81. The predicted molar refractivity (Wildman–Crippen MR) is 160 cm³/mol. The quantitative estimate of drug-likeness (QED) is 0.0979. The average Bonchev–Trinajstić information content (AvgIpc) is 3.08. The molecule has 0 bridgehead atoms. The van der Waals surface area contributed by atoms with Crippen molar-refractivity contribution >= 4 is 143 Å². The molecule has 3 aromatic carbocycles. The maximum Gasteiger partial charge on any atom is 1.00 e. The normalized spacial score (nSPS) is 14.6. The standard InChI is InChI=1S/C20H4Cl4I4O5.Na.H/c21-9-7-8(10(22)12(24)11(9)23)20(33-19(7)31)3-1-5(25)15(29)13(27)17(3)32-18-4(20)2-6(26)16(30)14(18)28;;/h1-2,29-30H;;/q;+1;-1. The number of carbonyl (C=O) groups is 1. The third kappa shape index (κ3) is 3.83. The average molecular weight is 998 g/mol. The van der Waals surface area contributed by atoms with Gasteiger partial charge in [0.05, 0.1) is 51.1 Å². The number of hydrogen-bond donors (Lipinski definition) is 2. The van der Waals surface area contributed by atoms with Crippen LogP contribution in [0.1, 0.15) is 28.5 Å². The maximum atomic E-state index is 13.3. The Morgan fingerprint density at radius 1 is 0.794 bits per heavy atom. The molecular weight excluding hydrogens is 993 g/mol. The van der Waals surface area contributed by atoms with E-state index in [0.717, 1.165) is 0 Å². The van der Waals surface area contributed by atoms with Gasteiger partial charge in [0.2, 0.25) is 0 Å². The molecular formula is C20H5Cl4I4NaO5. The Morgan fingerprint density at radius 2 is 1.24 bits per heavy atom. The zero-order valence-corrected chi connectivity index (χ0v) is 30.0. The summed E-state index contributed by atoms with van der Waals surface area (Å²) in [6.07, 6.45) is 0. The minimum Gasteiger partial charge on any atom is -1.00 e. The van der Waals surface area contributed by atoms with E-state index in [-0.39, 0.29) is 85.2 Å². The molecule has 0 atom stereocenters. The monoisotopic (exact) mass is 995 g/mol. The number of phenols is 2. The molecule has 3 aromatic rings. The Balaban J connectivity index is 0.00000171. The molecule has 2 aliphatic rings. The first-order valence-electron chi connectivity index (χ1n) is 8.63. The SMILES string of the molecule is O=C1OC2(c3cc(I)c(O)c(I)c3Oc3c2cc(I)c(O)c3I)c2c(Cl)c(Cl)c(Cl)c(Cl)c21.[H-].[Na+]. The summed E-state index contributed by atoms with van der Waals surface area (Å²) in [6.45, 7) is 0. The summed E-state index contributed by atoms with van der Waals surface area (Å²) < 4.78 is 14.1. The second-order valence-electron chi connectivity index (χ2n) is 6.97. The van der Waals surface area contributed by atoms with E-state index in [0.29, 0.717) is 25.4 Å². The Morgan fingerprint density at radius 3 is 1.71 bits per heavy atom. The van der Waals surface area contributed by atoms with Crippen molar-refractivity contribution in [3.8, 4) is 23.0 Å². The molecule has 0 unspecified atom stereocenters. The van der Waals surface area contributed by atoms with Crippen LogP contribution in [0.5, 0.6) is 23.0 Å². The number of fused-ring (bicyclic) bond motifs is 6. The zero-order chi connectivity index (χ0) is 24.1. The minimum atomic E-state index is -1.62. The number of ether oxygens (including phenoxy) is 2. The van der Waals surface area contributed by atoms with E-state index in [9.17, 15) is 15.0 Å². The van der Waals surface area contributed by atoms with E-state index in [1.165, 1.54) is 0 Å². The van der Waals surface area contributed by atoms with Crippen LogP contribution in [0.2, 0.25) is 20.1 Å². The summed E-state index contributed by atoms with van der Waals surface area (Å²) in [5.41, 5.74) is -0.574. The Kier molecular flexibility index (Phi) is 8.39. The fraction of sp³-hybridized carbons (Fsp3) is 0.0500. The fourth-order valence-electron chi connectivity index (χ4n) is 3.93. The van der Waals surface area contributed by atoms with Crippen LogP contribution in [-0.2, 0) is 10.3 Å². The van der Waals surface area contributed by atoms with Gasteiger partial charge in [-0.2, -0.15) is 0 Å². The van der Waals surface area contributed by atoms with Gasteiger partial charge in [-0.05, 0) is 102 Å². The molecule has 0 radical (unpaired) electrons. The second kappa shape index (κ2) is 9.97. The molecule has 0 saturated carbocycles. The van der Waals surface area contributed by atoms with Gasteiger partial charge in [0.1, 0.15) is 11.5 Å². The van der Waals surface area contributed by atoms with E-state index >= 15 is 0 Å². The molecule has 172 valence electrons. The van der Waals surface area contributed by atoms with Crippen LogP contribution in [0.3, 0.4) is 0 Å². The van der Waals surface area contributed by atoms with Gasteiger partial charge in [-0.25, -0.2) is 4.79 Å². The fourth-order valence-corrected chi connectivity index (χ4v) is 8.57. The van der Waals surface area contributed by atoms with Crippen LogP contribution in [0.25, 0.3) is 0 Å². The summed E-state index contributed by atoms with van der Waals surface area (Å²) in [5.74, 6) is -0.246. The zero-order valence-electron chi connectivity index (χ0n) is 17.3. The third-order valence-corrected chi connectivity index (χ3v) is 10.8. The van der Waals surface area contributed by atoms with E-state index in [2.05, 4.69) is 0 Å². The Bertz CT molecular complexity index is 1410. The van der Waals surface area contributed by atoms with Crippen LogP contribution in [0, 0.1) is 14.3 Å². The van der Waals surface area contributed by atoms with Crippen LogP contribution in [0.4, 0.5) is 0 Å². The van der Waals surface area contributed by atoms with Crippen molar-refractivity contribution in [3.63, 3.8) is 0 Å². The molecule has 2 heterocycles. The topological polar surface area (TPSA) is 76.0 Å². The van der Waals surface area contributed by atoms with Gasteiger partial charge in [-0.15, -0.1) is 0 Å². The van der Waals surface area contributed by atoms with Gasteiger partial charge in [-0.3, -0.25) is 0 Å². The van der Waals surface area contributed by atoms with Gasteiger partial charge in [0.15, 0.2) is 17.1 Å². The molecule has 2 N–H and O–H groups in total. The van der Waals surface area contributed by atoms with Gasteiger partial charge in [-0.1, -0.05) is 46.4 Å². The second-order valence-corrected chi connectivity index (χ2v) is 13.0. The van der Waals surface area contributed by atoms with E-state index in [4.69, 9.17) is 55.9 Å². The van der Waals surface area contributed by atoms with Gasteiger partial charge in [0.25, 0.3) is 0 Å². The van der Waals surface area contributed by atoms with Crippen LogP contribution >= 0.6 is 137 Å². The summed E-state index contributed by atoms with van der Waals surface area (Å²) in [4.78, 5) is 13.3. The summed E-state index contributed by atoms with van der Waals surface area (Å²) >= 11 is 33.7. The van der Waals surface area contributed by atoms with Crippen LogP contribution in [-0.4, -0.2) is 16.2 Å². The molecule has 0 fully saturated rings. The molecule has 14 heteroatoms. The van der Waals surface area contributed by atoms with Gasteiger partial charge >= 0.3 is 35.5 Å². The van der Waals surface area contributed by atoms with Crippen molar-refractivity contribution in [2.24, 2.45) is 0 Å². The molecule has 5 nitrogen and oxygen atoms in total. The maximum absolute atomic E-state index is 13.3. The number of aromatic hydroxyl groups is 2. The van der Waals surface area contributed by atoms with Crippen LogP contribution < -0.4 is 34.3 Å². The van der Waals surface area contributed by atoms with Crippen molar-refractivity contribution in [2.45, 2.75) is 5.60 Å². The molecule has 0 amide bonds. The van der Waals surface area contributed by atoms with E-state index in [1.807, 2.05) is 90.4 Å². The third-order valence-electron chi connectivity index (χ3n) is 5.33. The number of carbonyl (C=O) groups excluding carboxylic acids is 1. The first kappa shape index (κ1) is 28.6. The Hall–Kier alpha value is 1.61. The van der Waals surface area contributed by atoms with Crippen molar-refractivity contribution in [2.75, 3.05) is 0 Å². The number of hydrogen-bond acceptors (Lipinski definition) is 5. The van der Waals surface area contributed by atoms with Gasteiger partial charge in [0, 0.05) is 5.56 Å². The molecule has 2 aliphatic heterocycles. The van der Waals surface area contributed by atoms with Crippen molar-refractivity contribution in [1.82, 2.24) is 0 Å². The molecule has 0 aliphatic carbocycles. The van der Waals surface area contributed by atoms with Gasteiger partial charge < -0.3 is 21.1 Å². The number of benzene rings is 3. The Labute approximate surface area is 290 Å². The molecule has 34 heavy (non-hydrogen) atoms. The van der Waals surface area contributed by atoms with Crippen molar-refractivity contribution in [1.29, 1.82) is 0 Å². The first-order chi connectivity index (χ1) is 15.4. The minimum absolute atomic E-state index is 0. The summed E-state index contributed by atoms with van der Waals surface area (Å²) in [5, 5.41) is 21.0.